The van der Waals surface area contributed by atoms with E-state index < -0.39 is 0 Å². The van der Waals surface area contributed by atoms with E-state index in [2.05, 4.69) is 44.6 Å². The number of aromatic nitrogens is 2. The van der Waals surface area contributed by atoms with Crippen molar-refractivity contribution in [2.24, 2.45) is 0 Å². The Bertz CT molecular complexity index is 360. The highest BCUT2D eigenvalue weighted by Gasteiger charge is 2.10. The molecule has 102 valence electrons. The lowest BCUT2D eigenvalue weighted by molar-refractivity contribution is 0.301. The van der Waals surface area contributed by atoms with E-state index >= 15 is 0 Å². The maximum absolute atomic E-state index is 9.14. The third-order valence-electron chi connectivity index (χ3n) is 2.68. The van der Waals surface area contributed by atoms with Crippen molar-refractivity contribution in [1.29, 1.82) is 0 Å². The fourth-order valence-corrected chi connectivity index (χ4v) is 2.17. The summed E-state index contributed by atoms with van der Waals surface area (Å²) in [6.45, 7) is 5.97. The van der Waals surface area contributed by atoms with Gasteiger partial charge < -0.3 is 10.0 Å². The van der Waals surface area contributed by atoms with E-state index in [1.54, 1.807) is 0 Å². The molecule has 0 saturated heterocycles. The van der Waals surface area contributed by atoms with Crippen molar-refractivity contribution >= 4 is 21.7 Å². The van der Waals surface area contributed by atoms with Gasteiger partial charge in [0, 0.05) is 25.6 Å². The van der Waals surface area contributed by atoms with Gasteiger partial charge in [-0.05, 0) is 28.8 Å². The number of halogens is 1. The topological polar surface area (TPSA) is 49.2 Å². The van der Waals surface area contributed by atoms with Gasteiger partial charge in [0.1, 0.15) is 16.2 Å². The van der Waals surface area contributed by atoms with Gasteiger partial charge in [0.05, 0.1) is 6.61 Å². The van der Waals surface area contributed by atoms with Crippen LogP contribution in [-0.2, 0) is 6.42 Å². The molecule has 1 heterocycles. The lowest BCUT2D eigenvalue weighted by Crippen LogP contribution is -2.29. The van der Waals surface area contributed by atoms with Gasteiger partial charge in [-0.1, -0.05) is 20.3 Å². The van der Waals surface area contributed by atoms with Gasteiger partial charge in [0.2, 0.25) is 0 Å². The number of unbranched alkanes of at least 4 members (excludes halogenated alkanes) is 1. The predicted molar refractivity (Wildman–Crippen MR) is 77.9 cm³/mol. The summed E-state index contributed by atoms with van der Waals surface area (Å²) in [5, 5.41) is 9.14. The molecule has 0 atom stereocenters. The molecule has 18 heavy (non-hydrogen) atoms. The average Bonchev–Trinajstić information content (AvgIpc) is 2.34. The number of hydrogen-bond acceptors (Lipinski definition) is 4. The molecule has 0 saturated carbocycles. The molecule has 0 aliphatic rings. The average molecular weight is 316 g/mol. The monoisotopic (exact) mass is 315 g/mol. The zero-order valence-corrected chi connectivity index (χ0v) is 12.8. The molecule has 0 amide bonds. The minimum atomic E-state index is 0.147. The van der Waals surface area contributed by atoms with Crippen LogP contribution in [0.5, 0.6) is 0 Å². The molecule has 0 unspecified atom stereocenters. The molecule has 1 N–H and O–H groups in total. The molecule has 0 fully saturated rings. The van der Waals surface area contributed by atoms with Gasteiger partial charge in [-0.2, -0.15) is 0 Å². The van der Waals surface area contributed by atoms with E-state index in [-0.39, 0.29) is 6.61 Å². The van der Waals surface area contributed by atoms with Crippen LogP contribution in [0.1, 0.15) is 38.9 Å². The SMILES string of the molecule is CCCCN(CCO)c1cc(Br)nc(CCC)n1. The Kier molecular flexibility index (Phi) is 7.20. The molecule has 1 aromatic heterocycles. The largest absolute Gasteiger partial charge is 0.395 e. The van der Waals surface area contributed by atoms with Crippen molar-refractivity contribution in [1.82, 2.24) is 9.97 Å². The summed E-state index contributed by atoms with van der Waals surface area (Å²) in [5.74, 6) is 1.77. The van der Waals surface area contributed by atoms with E-state index in [1.807, 2.05) is 6.07 Å². The Morgan fingerprint density at radius 2 is 2.00 bits per heavy atom. The smallest absolute Gasteiger partial charge is 0.133 e. The molecule has 1 rings (SSSR count). The minimum absolute atomic E-state index is 0.147. The van der Waals surface area contributed by atoms with Crippen LogP contribution < -0.4 is 4.90 Å². The van der Waals surface area contributed by atoms with E-state index in [1.165, 1.54) is 0 Å². The number of aliphatic hydroxyl groups is 1. The van der Waals surface area contributed by atoms with Gasteiger partial charge in [0.25, 0.3) is 0 Å². The van der Waals surface area contributed by atoms with Crippen LogP contribution in [-0.4, -0.2) is 34.8 Å². The van der Waals surface area contributed by atoms with Crippen LogP contribution in [0.2, 0.25) is 0 Å². The Morgan fingerprint density at radius 3 is 2.61 bits per heavy atom. The first-order valence-electron chi connectivity index (χ1n) is 6.60. The Hall–Kier alpha value is -0.680. The number of hydrogen-bond donors (Lipinski definition) is 1. The molecule has 4 nitrogen and oxygen atoms in total. The summed E-state index contributed by atoms with van der Waals surface area (Å²) < 4.78 is 0.815. The quantitative estimate of drug-likeness (QED) is 0.749. The fraction of sp³-hybridized carbons (Fsp3) is 0.692. The van der Waals surface area contributed by atoms with Gasteiger partial charge in [-0.15, -0.1) is 0 Å². The minimum Gasteiger partial charge on any atom is -0.395 e. The third kappa shape index (κ3) is 4.90. The molecule has 0 aliphatic heterocycles. The lowest BCUT2D eigenvalue weighted by atomic mass is 10.3. The van der Waals surface area contributed by atoms with Gasteiger partial charge in [-0.25, -0.2) is 9.97 Å². The van der Waals surface area contributed by atoms with Crippen molar-refractivity contribution in [3.8, 4) is 0 Å². The molecule has 1 aromatic rings. The standard InChI is InChI=1S/C13H22BrN3O/c1-3-5-7-17(8-9-18)13-10-11(14)15-12(16-13)6-4-2/h10,18H,3-9H2,1-2H3. The first kappa shape index (κ1) is 15.4. The number of anilines is 1. The highest BCUT2D eigenvalue weighted by Crippen LogP contribution is 2.17. The molecule has 0 aromatic carbocycles. The normalized spacial score (nSPS) is 10.7. The second kappa shape index (κ2) is 8.43. The predicted octanol–water partition coefficient (Wildman–Crippen LogP) is 2.79. The van der Waals surface area contributed by atoms with Gasteiger partial charge in [0.15, 0.2) is 0 Å². The lowest BCUT2D eigenvalue weighted by Gasteiger charge is -2.23. The van der Waals surface area contributed by atoms with Gasteiger partial charge >= 0.3 is 0 Å². The zero-order chi connectivity index (χ0) is 13.4. The number of nitrogens with zero attached hydrogens (tertiary/aromatic N) is 3. The number of aryl methyl sites for hydroxylation is 1. The van der Waals surface area contributed by atoms with E-state index in [0.717, 1.165) is 48.5 Å². The van der Waals surface area contributed by atoms with Crippen molar-refractivity contribution in [3.05, 3.63) is 16.5 Å². The summed E-state index contributed by atoms with van der Waals surface area (Å²) in [6, 6.07) is 1.92. The molecular formula is C13H22BrN3O. The van der Waals surface area contributed by atoms with Crippen molar-refractivity contribution < 1.29 is 5.11 Å². The third-order valence-corrected chi connectivity index (χ3v) is 3.08. The van der Waals surface area contributed by atoms with Crippen LogP contribution in [0.3, 0.4) is 0 Å². The van der Waals surface area contributed by atoms with Crippen LogP contribution in [0.4, 0.5) is 5.82 Å². The maximum atomic E-state index is 9.14. The van der Waals surface area contributed by atoms with E-state index in [4.69, 9.17) is 5.11 Å². The van der Waals surface area contributed by atoms with E-state index in [9.17, 15) is 0 Å². The number of aliphatic hydroxyl groups excluding tert-OH is 1. The fourth-order valence-electron chi connectivity index (χ4n) is 1.76. The molecule has 0 bridgehead atoms. The molecule has 0 spiro atoms. The van der Waals surface area contributed by atoms with Crippen molar-refractivity contribution in [3.63, 3.8) is 0 Å². The van der Waals surface area contributed by atoms with Crippen LogP contribution in [0.15, 0.2) is 10.7 Å². The zero-order valence-electron chi connectivity index (χ0n) is 11.2. The maximum Gasteiger partial charge on any atom is 0.133 e. The van der Waals surface area contributed by atoms with E-state index in [0.29, 0.717) is 6.54 Å². The molecule has 0 radical (unpaired) electrons. The van der Waals surface area contributed by atoms with Crippen LogP contribution >= 0.6 is 15.9 Å². The summed E-state index contributed by atoms with van der Waals surface area (Å²) in [5.41, 5.74) is 0. The Labute approximate surface area is 118 Å². The first-order chi connectivity index (χ1) is 8.71. The summed E-state index contributed by atoms with van der Waals surface area (Å²) in [7, 11) is 0. The van der Waals surface area contributed by atoms with Crippen molar-refractivity contribution in [2.45, 2.75) is 39.5 Å². The molecule has 0 aliphatic carbocycles. The van der Waals surface area contributed by atoms with Crippen molar-refractivity contribution in [2.75, 3.05) is 24.6 Å². The summed E-state index contributed by atoms with van der Waals surface area (Å²) in [4.78, 5) is 11.1. The second-order valence-electron chi connectivity index (χ2n) is 4.28. The Balaban J connectivity index is 2.87. The summed E-state index contributed by atoms with van der Waals surface area (Å²) >= 11 is 3.43. The van der Waals surface area contributed by atoms with Crippen LogP contribution in [0, 0.1) is 0 Å². The molecular weight excluding hydrogens is 294 g/mol. The van der Waals surface area contributed by atoms with Crippen LogP contribution in [0.25, 0.3) is 0 Å². The highest BCUT2D eigenvalue weighted by molar-refractivity contribution is 9.10. The molecule has 5 heteroatoms. The second-order valence-corrected chi connectivity index (χ2v) is 5.09. The summed E-state index contributed by atoms with van der Waals surface area (Å²) in [6.07, 6.45) is 4.15. The van der Waals surface area contributed by atoms with Gasteiger partial charge in [-0.3, -0.25) is 0 Å². The number of rotatable bonds is 8. The highest BCUT2D eigenvalue weighted by atomic mass is 79.9. The Morgan fingerprint density at radius 1 is 1.22 bits per heavy atom. The first-order valence-corrected chi connectivity index (χ1v) is 7.39.